The molecule has 0 aliphatic rings. The molecule has 1 heterocycles. The van der Waals surface area contributed by atoms with Crippen molar-refractivity contribution >= 4 is 16.6 Å². The molecule has 23 heavy (non-hydrogen) atoms. The summed E-state index contributed by atoms with van der Waals surface area (Å²) < 4.78 is 0. The first-order valence-electron chi connectivity index (χ1n) is 6.85. The molecule has 0 spiro atoms. The van der Waals surface area contributed by atoms with Gasteiger partial charge in [0.1, 0.15) is 0 Å². The Bertz CT molecular complexity index is 657. The highest BCUT2D eigenvalue weighted by Gasteiger charge is 2.16. The summed E-state index contributed by atoms with van der Waals surface area (Å²) in [5.41, 5.74) is 2.12. The molecular weight excluding hydrogens is 308 g/mol. The quantitative estimate of drug-likeness (QED) is 0.558. The van der Waals surface area contributed by atoms with Crippen LogP contribution >= 0.6 is 0 Å². The molecule has 0 saturated carbocycles. The van der Waals surface area contributed by atoms with E-state index in [1.165, 1.54) is 12.1 Å². The summed E-state index contributed by atoms with van der Waals surface area (Å²) in [6.07, 6.45) is 0.0346. The first-order valence-corrected chi connectivity index (χ1v) is 6.85. The molecular formula is C13H17N4O6-3. The van der Waals surface area contributed by atoms with E-state index < -0.39 is 6.04 Å². The Morgan fingerprint density at radius 1 is 1.17 bits per heavy atom. The molecule has 10 nitrogen and oxygen atoms in total. The summed E-state index contributed by atoms with van der Waals surface area (Å²) in [7, 11) is 0. The molecule has 0 amide bonds. The van der Waals surface area contributed by atoms with Gasteiger partial charge >= 0.3 is 0 Å². The number of anilines is 1. The molecule has 1 atom stereocenters. The molecule has 1 unspecified atom stereocenters. The van der Waals surface area contributed by atoms with Crippen LogP contribution in [0.1, 0.15) is 17.7 Å². The van der Waals surface area contributed by atoms with Crippen molar-refractivity contribution in [3.63, 3.8) is 0 Å². The van der Waals surface area contributed by atoms with Gasteiger partial charge in [0.25, 0.3) is 0 Å². The third-order valence-corrected chi connectivity index (χ3v) is 3.73. The molecule has 1 aromatic carbocycles. The Balaban J connectivity index is 2.32. The summed E-state index contributed by atoms with van der Waals surface area (Å²) in [6.45, 7) is 1.43. The summed E-state index contributed by atoms with van der Waals surface area (Å²) in [5, 5.41) is 59.5. The van der Waals surface area contributed by atoms with Gasteiger partial charge in [-0.15, -0.1) is 0 Å². The van der Waals surface area contributed by atoms with Gasteiger partial charge in [-0.25, -0.2) is 0 Å². The minimum Gasteiger partial charge on any atom is -0.762 e. The molecule has 1 aromatic heterocycles. The van der Waals surface area contributed by atoms with Gasteiger partial charge in [-0.05, 0) is 43.5 Å². The van der Waals surface area contributed by atoms with Gasteiger partial charge < -0.3 is 36.2 Å². The van der Waals surface area contributed by atoms with E-state index in [0.717, 1.165) is 5.69 Å². The number of benzene rings is 1. The predicted octanol–water partition coefficient (Wildman–Crippen LogP) is 1.85. The Morgan fingerprint density at radius 2 is 1.87 bits per heavy atom. The van der Waals surface area contributed by atoms with E-state index in [-0.39, 0.29) is 40.8 Å². The van der Waals surface area contributed by atoms with E-state index in [9.17, 15) is 20.8 Å². The van der Waals surface area contributed by atoms with E-state index in [4.69, 9.17) is 10.4 Å². The standard InChI is InChI=1S/C13H17N4O6/c1-8-11(6-10(17(22)23)4-5-15(18)19)12-7-9(16(20)21)2-3-13(12)14-8/h2-3,7,10,14,18,20,22H,4-6H2,1H3/q-3. The highest BCUT2D eigenvalue weighted by Crippen LogP contribution is 2.28. The second-order valence-corrected chi connectivity index (χ2v) is 5.26. The van der Waals surface area contributed by atoms with Crippen molar-refractivity contribution in [2.24, 2.45) is 0 Å². The Labute approximate surface area is 131 Å². The van der Waals surface area contributed by atoms with Crippen molar-refractivity contribution in [3.05, 3.63) is 45.1 Å². The maximum atomic E-state index is 11.3. The van der Waals surface area contributed by atoms with Gasteiger partial charge in [0.2, 0.25) is 0 Å². The second kappa shape index (κ2) is 7.21. The second-order valence-electron chi connectivity index (χ2n) is 5.26. The molecule has 0 radical (unpaired) electrons. The topological polar surface area (TPSA) is 155 Å². The smallest absolute Gasteiger partial charge is 0.0516 e. The molecule has 2 rings (SSSR count). The van der Waals surface area contributed by atoms with Crippen LogP contribution in [0.5, 0.6) is 0 Å². The summed E-state index contributed by atoms with van der Waals surface area (Å²) in [5.74, 6) is 0. The molecule has 0 saturated heterocycles. The fourth-order valence-corrected chi connectivity index (χ4v) is 2.54. The predicted molar refractivity (Wildman–Crippen MR) is 81.6 cm³/mol. The third kappa shape index (κ3) is 4.16. The van der Waals surface area contributed by atoms with E-state index in [1.807, 2.05) is 0 Å². The number of rotatable bonds is 7. The highest BCUT2D eigenvalue weighted by molar-refractivity contribution is 5.87. The van der Waals surface area contributed by atoms with Crippen molar-refractivity contribution in [1.29, 1.82) is 0 Å². The number of nitrogens with zero attached hydrogens (tertiary/aromatic N) is 3. The fourth-order valence-electron chi connectivity index (χ4n) is 2.54. The number of hydroxylamine groups is 4. The average molecular weight is 325 g/mol. The van der Waals surface area contributed by atoms with Crippen LogP contribution in [0.4, 0.5) is 5.69 Å². The molecule has 0 fully saturated rings. The minimum absolute atomic E-state index is 0.0263. The van der Waals surface area contributed by atoms with Crippen LogP contribution in [0.15, 0.2) is 18.2 Å². The van der Waals surface area contributed by atoms with E-state index in [0.29, 0.717) is 16.5 Å². The van der Waals surface area contributed by atoms with Crippen LogP contribution in [0.2, 0.25) is 0 Å². The van der Waals surface area contributed by atoms with E-state index in [2.05, 4.69) is 4.98 Å². The molecule has 0 bridgehead atoms. The van der Waals surface area contributed by atoms with Crippen molar-refractivity contribution in [2.75, 3.05) is 11.8 Å². The number of fused-ring (bicyclic) bond motifs is 1. The lowest BCUT2D eigenvalue weighted by Crippen LogP contribution is -2.32. The van der Waals surface area contributed by atoms with Crippen molar-refractivity contribution in [2.45, 2.75) is 25.8 Å². The van der Waals surface area contributed by atoms with Gasteiger partial charge in [0.05, 0.1) is 5.69 Å². The third-order valence-electron chi connectivity index (χ3n) is 3.73. The zero-order valence-corrected chi connectivity index (χ0v) is 12.3. The van der Waals surface area contributed by atoms with Crippen LogP contribution in [-0.2, 0) is 6.42 Å². The molecule has 128 valence electrons. The molecule has 0 aliphatic heterocycles. The lowest BCUT2D eigenvalue weighted by atomic mass is 10.0. The van der Waals surface area contributed by atoms with Crippen LogP contribution in [-0.4, -0.2) is 43.6 Å². The Morgan fingerprint density at radius 3 is 2.43 bits per heavy atom. The van der Waals surface area contributed by atoms with Gasteiger partial charge in [-0.1, -0.05) is 0 Å². The number of hydrogen-bond donors (Lipinski definition) is 4. The normalized spacial score (nSPS) is 13.3. The Kier molecular flexibility index (Phi) is 5.51. The Hall–Kier alpha value is -1.76. The zero-order valence-electron chi connectivity index (χ0n) is 12.3. The van der Waals surface area contributed by atoms with E-state index >= 15 is 0 Å². The van der Waals surface area contributed by atoms with Gasteiger partial charge in [-0.2, -0.15) is 0 Å². The fraction of sp³-hybridized carbons (Fsp3) is 0.385. The molecule has 0 aliphatic carbocycles. The maximum absolute atomic E-state index is 11.3. The lowest BCUT2D eigenvalue weighted by Gasteiger charge is -2.32. The SMILES string of the molecule is Cc1[nH]c2ccc(N([O-])O)cc2c1CC(CCN([O-])O)N([O-])O. The monoisotopic (exact) mass is 325 g/mol. The maximum Gasteiger partial charge on any atom is 0.0516 e. The first kappa shape index (κ1) is 17.6. The zero-order chi connectivity index (χ0) is 17.1. The minimum atomic E-state index is -0.947. The van der Waals surface area contributed by atoms with Gasteiger partial charge in [0, 0.05) is 29.2 Å². The van der Waals surface area contributed by atoms with Crippen molar-refractivity contribution in [3.8, 4) is 0 Å². The lowest BCUT2D eigenvalue weighted by molar-refractivity contribution is -0.0956. The van der Waals surface area contributed by atoms with Crippen LogP contribution in [0, 0.1) is 22.5 Å². The van der Waals surface area contributed by atoms with Crippen LogP contribution in [0.3, 0.4) is 0 Å². The number of H-pyrrole nitrogens is 1. The summed E-state index contributed by atoms with van der Waals surface area (Å²) >= 11 is 0. The van der Waals surface area contributed by atoms with Gasteiger partial charge in [-0.3, -0.25) is 15.7 Å². The number of aromatic nitrogens is 1. The summed E-state index contributed by atoms with van der Waals surface area (Å²) in [6, 6.07) is 3.55. The molecule has 4 N–H and O–H groups in total. The average Bonchev–Trinajstić information content (AvgIpc) is 2.77. The molecule has 10 heteroatoms. The van der Waals surface area contributed by atoms with Crippen molar-refractivity contribution < 1.29 is 15.6 Å². The summed E-state index contributed by atoms with van der Waals surface area (Å²) in [4.78, 5) is 3.08. The number of hydrogen-bond acceptors (Lipinski definition) is 9. The van der Waals surface area contributed by atoms with Gasteiger partial charge in [0.15, 0.2) is 0 Å². The first-order chi connectivity index (χ1) is 10.8. The van der Waals surface area contributed by atoms with Crippen LogP contribution in [0.25, 0.3) is 10.9 Å². The van der Waals surface area contributed by atoms with Crippen LogP contribution < -0.4 is 5.23 Å². The molecule has 2 aromatic rings. The highest BCUT2D eigenvalue weighted by atomic mass is 16.8. The number of nitrogens with one attached hydrogen (secondary N) is 1. The van der Waals surface area contributed by atoms with Crippen molar-refractivity contribution in [1.82, 2.24) is 15.4 Å². The van der Waals surface area contributed by atoms with E-state index in [1.54, 1.807) is 13.0 Å². The largest absolute Gasteiger partial charge is 0.762 e. The number of aromatic amines is 1. The number of aryl methyl sites for hydroxylation is 1.